The van der Waals surface area contributed by atoms with Crippen molar-refractivity contribution in [3.05, 3.63) is 59.7 Å². The van der Waals surface area contributed by atoms with Crippen LogP contribution in [-0.2, 0) is 0 Å². The monoisotopic (exact) mass is 350 g/mol. The van der Waals surface area contributed by atoms with E-state index in [1.807, 2.05) is 12.3 Å². The molecule has 3 rings (SSSR count). The van der Waals surface area contributed by atoms with Crippen LogP contribution in [0, 0.1) is 0 Å². The quantitative estimate of drug-likeness (QED) is 0.483. The normalized spacial score (nSPS) is 16.0. The molecule has 3 heteroatoms. The van der Waals surface area contributed by atoms with E-state index in [1.54, 1.807) is 11.8 Å². The summed E-state index contributed by atoms with van der Waals surface area (Å²) in [6.07, 6.45) is 6.42. The zero-order valence-corrected chi connectivity index (χ0v) is 16.5. The summed E-state index contributed by atoms with van der Waals surface area (Å²) < 4.78 is 0. The Hall–Kier alpha value is -2.00. The molecule has 1 aliphatic rings. The van der Waals surface area contributed by atoms with E-state index in [9.17, 15) is 0 Å². The molecular weight excluding hydrogens is 324 g/mol. The standard InChI is InChI=1S/C22H26N2S/c1-6-24-20-12-11-17(13-18(20)16(2)14-22(24,3)4)15-23-19-9-7-8-10-21(19)25-5/h7-15H,6H2,1-5H3. The Morgan fingerprint density at radius 3 is 2.64 bits per heavy atom. The highest BCUT2D eigenvalue weighted by Gasteiger charge is 2.29. The number of likely N-dealkylation sites (N-methyl/N-ethyl adjacent to an activating group) is 1. The SMILES string of the molecule is CCN1c2ccc(C=Nc3ccccc3SC)cc2C(C)=CC1(C)C. The van der Waals surface area contributed by atoms with Crippen LogP contribution in [0.15, 0.2) is 58.4 Å². The van der Waals surface area contributed by atoms with Gasteiger partial charge in [0.2, 0.25) is 0 Å². The second kappa shape index (κ2) is 7.09. The minimum Gasteiger partial charge on any atom is -0.363 e. The average Bonchev–Trinajstić information content (AvgIpc) is 2.60. The van der Waals surface area contributed by atoms with Crippen molar-refractivity contribution in [1.29, 1.82) is 0 Å². The molecule has 0 saturated carbocycles. The number of para-hydroxylation sites is 1. The lowest BCUT2D eigenvalue weighted by molar-refractivity contribution is 0.566. The lowest BCUT2D eigenvalue weighted by Gasteiger charge is -2.42. The van der Waals surface area contributed by atoms with Gasteiger partial charge in [-0.3, -0.25) is 4.99 Å². The Morgan fingerprint density at radius 2 is 1.92 bits per heavy atom. The van der Waals surface area contributed by atoms with Gasteiger partial charge in [0, 0.05) is 28.9 Å². The molecule has 130 valence electrons. The minimum atomic E-state index is 0.0543. The number of anilines is 1. The molecule has 2 aromatic carbocycles. The summed E-state index contributed by atoms with van der Waals surface area (Å²) >= 11 is 1.73. The van der Waals surface area contributed by atoms with Crippen LogP contribution < -0.4 is 4.90 Å². The first-order chi connectivity index (χ1) is 12.0. The van der Waals surface area contributed by atoms with E-state index in [0.717, 1.165) is 17.8 Å². The summed E-state index contributed by atoms with van der Waals surface area (Å²) in [4.78, 5) is 8.37. The predicted molar refractivity (Wildman–Crippen MR) is 113 cm³/mol. The van der Waals surface area contributed by atoms with Crippen molar-refractivity contribution in [2.24, 2.45) is 4.99 Å². The predicted octanol–water partition coefficient (Wildman–Crippen LogP) is 6.18. The summed E-state index contributed by atoms with van der Waals surface area (Å²) in [6, 6.07) is 14.9. The van der Waals surface area contributed by atoms with Crippen molar-refractivity contribution in [3.63, 3.8) is 0 Å². The smallest absolute Gasteiger partial charge is 0.0765 e. The molecule has 0 aliphatic carbocycles. The zero-order valence-electron chi connectivity index (χ0n) is 15.7. The van der Waals surface area contributed by atoms with Gasteiger partial charge in [-0.2, -0.15) is 0 Å². The highest BCUT2D eigenvalue weighted by atomic mass is 32.2. The summed E-state index contributed by atoms with van der Waals surface area (Å²) in [5.41, 5.74) is 6.18. The average molecular weight is 351 g/mol. The molecule has 0 unspecified atom stereocenters. The van der Waals surface area contributed by atoms with Crippen molar-refractivity contribution in [2.75, 3.05) is 17.7 Å². The van der Waals surface area contributed by atoms with Gasteiger partial charge >= 0.3 is 0 Å². The number of rotatable bonds is 4. The first kappa shape index (κ1) is 17.8. The molecule has 2 nitrogen and oxygen atoms in total. The van der Waals surface area contributed by atoms with E-state index < -0.39 is 0 Å². The Labute approximate surface area is 155 Å². The summed E-state index contributed by atoms with van der Waals surface area (Å²) in [7, 11) is 0. The number of hydrogen-bond donors (Lipinski definition) is 0. The number of allylic oxidation sites excluding steroid dienone is 1. The number of thioether (sulfide) groups is 1. The van der Waals surface area contributed by atoms with E-state index in [4.69, 9.17) is 4.99 Å². The van der Waals surface area contributed by atoms with Crippen LogP contribution in [0.3, 0.4) is 0 Å². The molecule has 2 aromatic rings. The third-order valence-electron chi connectivity index (χ3n) is 4.76. The largest absolute Gasteiger partial charge is 0.363 e. The molecule has 0 spiro atoms. The second-order valence-corrected chi connectivity index (χ2v) is 7.78. The van der Waals surface area contributed by atoms with Gasteiger partial charge in [0.25, 0.3) is 0 Å². The minimum absolute atomic E-state index is 0.0543. The first-order valence-corrected chi connectivity index (χ1v) is 9.97. The van der Waals surface area contributed by atoms with Crippen LogP contribution >= 0.6 is 11.8 Å². The molecule has 0 atom stereocenters. The number of aliphatic imine (C=N–C) groups is 1. The highest BCUT2D eigenvalue weighted by Crippen LogP contribution is 2.39. The van der Waals surface area contributed by atoms with Gasteiger partial charge in [0.1, 0.15) is 0 Å². The van der Waals surface area contributed by atoms with Crippen molar-refractivity contribution < 1.29 is 0 Å². The van der Waals surface area contributed by atoms with Gasteiger partial charge in [-0.1, -0.05) is 24.3 Å². The number of benzene rings is 2. The second-order valence-electron chi connectivity index (χ2n) is 6.93. The molecule has 0 fully saturated rings. The fraction of sp³-hybridized carbons (Fsp3) is 0.318. The van der Waals surface area contributed by atoms with Crippen molar-refractivity contribution >= 4 is 34.9 Å². The van der Waals surface area contributed by atoms with Crippen LogP contribution in [0.5, 0.6) is 0 Å². The van der Waals surface area contributed by atoms with Crippen LogP contribution in [0.25, 0.3) is 5.57 Å². The van der Waals surface area contributed by atoms with E-state index in [0.29, 0.717) is 0 Å². The third-order valence-corrected chi connectivity index (χ3v) is 5.54. The van der Waals surface area contributed by atoms with Crippen LogP contribution in [-0.4, -0.2) is 24.6 Å². The summed E-state index contributed by atoms with van der Waals surface area (Å²) in [6.45, 7) is 9.97. The maximum absolute atomic E-state index is 4.71. The number of hydrogen-bond acceptors (Lipinski definition) is 3. The first-order valence-electron chi connectivity index (χ1n) is 8.75. The van der Waals surface area contributed by atoms with Gasteiger partial charge in [0.05, 0.1) is 11.2 Å². The maximum Gasteiger partial charge on any atom is 0.0765 e. The van der Waals surface area contributed by atoms with Gasteiger partial charge in [-0.25, -0.2) is 0 Å². The molecule has 1 heterocycles. The van der Waals surface area contributed by atoms with E-state index in [2.05, 4.69) is 81.3 Å². The van der Waals surface area contributed by atoms with Crippen LogP contribution in [0.1, 0.15) is 38.8 Å². The lowest BCUT2D eigenvalue weighted by atomic mass is 9.88. The van der Waals surface area contributed by atoms with E-state index in [-0.39, 0.29) is 5.54 Å². The Balaban J connectivity index is 1.97. The van der Waals surface area contributed by atoms with E-state index in [1.165, 1.54) is 21.7 Å². The molecule has 0 bridgehead atoms. The van der Waals surface area contributed by atoms with E-state index >= 15 is 0 Å². The molecule has 0 radical (unpaired) electrons. The number of nitrogens with zero attached hydrogens (tertiary/aromatic N) is 2. The molecule has 1 aliphatic heterocycles. The molecule has 0 saturated heterocycles. The fourth-order valence-corrected chi connectivity index (χ4v) is 4.18. The van der Waals surface area contributed by atoms with Gasteiger partial charge in [-0.15, -0.1) is 11.8 Å². The number of fused-ring (bicyclic) bond motifs is 1. The molecule has 0 amide bonds. The summed E-state index contributed by atoms with van der Waals surface area (Å²) in [5, 5.41) is 0. The van der Waals surface area contributed by atoms with Crippen LogP contribution in [0.4, 0.5) is 11.4 Å². The fourth-order valence-electron chi connectivity index (χ4n) is 3.64. The van der Waals surface area contributed by atoms with Gasteiger partial charge < -0.3 is 4.90 Å². The molecular formula is C22H26N2S. The van der Waals surface area contributed by atoms with Gasteiger partial charge in [-0.05, 0) is 69.4 Å². The summed E-state index contributed by atoms with van der Waals surface area (Å²) in [5.74, 6) is 0. The molecule has 0 N–H and O–H groups in total. The van der Waals surface area contributed by atoms with Crippen molar-refractivity contribution in [3.8, 4) is 0 Å². The topological polar surface area (TPSA) is 15.6 Å². The van der Waals surface area contributed by atoms with Crippen molar-refractivity contribution in [1.82, 2.24) is 0 Å². The molecule has 0 aromatic heterocycles. The highest BCUT2D eigenvalue weighted by molar-refractivity contribution is 7.98. The lowest BCUT2D eigenvalue weighted by Crippen LogP contribution is -2.44. The van der Waals surface area contributed by atoms with Crippen LogP contribution in [0.2, 0.25) is 0 Å². The Kier molecular flexibility index (Phi) is 5.05. The van der Waals surface area contributed by atoms with Crippen molar-refractivity contribution in [2.45, 2.75) is 38.1 Å². The zero-order chi connectivity index (χ0) is 18.0. The Bertz CT molecular complexity index is 834. The van der Waals surface area contributed by atoms with Gasteiger partial charge in [0.15, 0.2) is 0 Å². The third kappa shape index (κ3) is 3.52. The molecule has 25 heavy (non-hydrogen) atoms. The Morgan fingerprint density at radius 1 is 1.16 bits per heavy atom. The maximum atomic E-state index is 4.71.